The van der Waals surface area contributed by atoms with Gasteiger partial charge in [-0.15, -0.1) is 0 Å². The molecule has 0 amide bonds. The molecule has 0 unspecified atom stereocenters. The molecule has 0 aromatic heterocycles. The Morgan fingerprint density at radius 3 is 2.77 bits per heavy atom. The second-order valence-corrected chi connectivity index (χ2v) is 5.22. The zero-order chi connectivity index (χ0) is 9.31. The molecule has 0 aromatic carbocycles. The van der Waals surface area contributed by atoms with Gasteiger partial charge in [-0.25, -0.2) is 4.72 Å². The molecule has 2 aliphatic heterocycles. The van der Waals surface area contributed by atoms with Gasteiger partial charge in [0.2, 0.25) is 0 Å². The molecule has 0 bridgehead atoms. The fraction of sp³-hybridized carbons (Fsp3) is 1.00. The van der Waals surface area contributed by atoms with Crippen LogP contribution >= 0.6 is 0 Å². The van der Waals surface area contributed by atoms with Gasteiger partial charge >= 0.3 is 0 Å². The highest BCUT2D eigenvalue weighted by atomic mass is 32.2. The highest BCUT2D eigenvalue weighted by Crippen LogP contribution is 2.15. The number of hydrogen-bond donors (Lipinski definition) is 2. The van der Waals surface area contributed by atoms with Crippen LogP contribution in [0.25, 0.3) is 0 Å². The molecule has 2 rings (SSSR count). The summed E-state index contributed by atoms with van der Waals surface area (Å²) in [6, 6.07) is 0.165. The summed E-state index contributed by atoms with van der Waals surface area (Å²) in [5.41, 5.74) is 0. The van der Waals surface area contributed by atoms with Crippen molar-refractivity contribution in [3.05, 3.63) is 0 Å². The van der Waals surface area contributed by atoms with Gasteiger partial charge in [0, 0.05) is 25.7 Å². The number of nitrogens with zero attached hydrogens (tertiary/aromatic N) is 1. The maximum absolute atomic E-state index is 11.6. The molecule has 2 N–H and O–H groups in total. The summed E-state index contributed by atoms with van der Waals surface area (Å²) in [5, 5.41) is 3.17. The van der Waals surface area contributed by atoms with E-state index < -0.39 is 10.2 Å². The molecule has 1 atom stereocenters. The van der Waals surface area contributed by atoms with Crippen LogP contribution in [-0.4, -0.2) is 44.9 Å². The molecule has 13 heavy (non-hydrogen) atoms. The largest absolute Gasteiger partial charge is 0.315 e. The Bertz CT molecular complexity index is 271. The smallest absolute Gasteiger partial charge is 0.279 e. The van der Waals surface area contributed by atoms with Crippen molar-refractivity contribution in [1.82, 2.24) is 14.3 Å². The molecule has 2 fully saturated rings. The van der Waals surface area contributed by atoms with Crippen LogP contribution in [0.4, 0.5) is 0 Å². The van der Waals surface area contributed by atoms with Crippen LogP contribution in [0, 0.1) is 0 Å². The second kappa shape index (κ2) is 3.53. The van der Waals surface area contributed by atoms with E-state index in [9.17, 15) is 8.42 Å². The molecule has 0 saturated carbocycles. The van der Waals surface area contributed by atoms with Gasteiger partial charge in [0.15, 0.2) is 0 Å². The van der Waals surface area contributed by atoms with Crippen LogP contribution < -0.4 is 10.0 Å². The molecule has 2 saturated heterocycles. The number of rotatable bonds is 1. The highest BCUT2D eigenvalue weighted by molar-refractivity contribution is 7.87. The molecular formula is C7H15N3O2S. The van der Waals surface area contributed by atoms with Gasteiger partial charge in [-0.1, -0.05) is 0 Å². The van der Waals surface area contributed by atoms with Gasteiger partial charge in [-0.3, -0.25) is 0 Å². The molecule has 2 heterocycles. The van der Waals surface area contributed by atoms with E-state index in [1.54, 1.807) is 4.31 Å². The lowest BCUT2D eigenvalue weighted by atomic mass is 10.2. The first-order chi connectivity index (χ1) is 6.20. The van der Waals surface area contributed by atoms with E-state index in [2.05, 4.69) is 10.0 Å². The summed E-state index contributed by atoms with van der Waals surface area (Å²) in [4.78, 5) is 0. The normalized spacial score (nSPS) is 34.9. The van der Waals surface area contributed by atoms with E-state index in [0.717, 1.165) is 25.9 Å². The molecule has 2 aliphatic rings. The van der Waals surface area contributed by atoms with Crippen molar-refractivity contribution < 1.29 is 8.42 Å². The van der Waals surface area contributed by atoms with Crippen molar-refractivity contribution in [2.24, 2.45) is 0 Å². The molecule has 0 aliphatic carbocycles. The molecular weight excluding hydrogens is 190 g/mol. The zero-order valence-electron chi connectivity index (χ0n) is 7.49. The van der Waals surface area contributed by atoms with E-state index in [4.69, 9.17) is 0 Å². The molecule has 6 heteroatoms. The predicted molar refractivity (Wildman–Crippen MR) is 49.5 cm³/mol. The molecule has 0 aromatic rings. The fourth-order valence-corrected chi connectivity index (χ4v) is 3.41. The monoisotopic (exact) mass is 205 g/mol. The summed E-state index contributed by atoms with van der Waals surface area (Å²) in [6.45, 7) is 2.97. The first-order valence-electron chi connectivity index (χ1n) is 4.67. The second-order valence-electron chi connectivity index (χ2n) is 3.51. The van der Waals surface area contributed by atoms with Gasteiger partial charge in [-0.05, 0) is 19.4 Å². The van der Waals surface area contributed by atoms with Crippen LogP contribution in [-0.2, 0) is 10.2 Å². The summed E-state index contributed by atoms with van der Waals surface area (Å²) >= 11 is 0. The van der Waals surface area contributed by atoms with Crippen LogP contribution in [0.3, 0.4) is 0 Å². The van der Waals surface area contributed by atoms with Crippen molar-refractivity contribution in [3.63, 3.8) is 0 Å². The topological polar surface area (TPSA) is 61.4 Å². The average Bonchev–Trinajstić information content (AvgIpc) is 2.55. The summed E-state index contributed by atoms with van der Waals surface area (Å²) in [5.74, 6) is 0. The number of hydrogen-bond acceptors (Lipinski definition) is 3. The Hall–Kier alpha value is -0.170. The summed E-state index contributed by atoms with van der Waals surface area (Å²) < 4.78 is 27.3. The van der Waals surface area contributed by atoms with Crippen molar-refractivity contribution >= 4 is 10.2 Å². The van der Waals surface area contributed by atoms with Crippen molar-refractivity contribution in [3.8, 4) is 0 Å². The molecule has 5 nitrogen and oxygen atoms in total. The predicted octanol–water partition coefficient (Wildman–Crippen LogP) is -1.11. The van der Waals surface area contributed by atoms with E-state index in [1.807, 2.05) is 0 Å². The fourth-order valence-electron chi connectivity index (χ4n) is 1.90. The van der Waals surface area contributed by atoms with Crippen molar-refractivity contribution in [2.75, 3.05) is 26.2 Å². The van der Waals surface area contributed by atoms with Crippen LogP contribution in [0.5, 0.6) is 0 Å². The van der Waals surface area contributed by atoms with Crippen molar-refractivity contribution in [1.29, 1.82) is 0 Å². The first kappa shape index (κ1) is 9.39. The molecule has 76 valence electrons. The van der Waals surface area contributed by atoms with Crippen LogP contribution in [0.2, 0.25) is 0 Å². The number of nitrogens with one attached hydrogen (secondary N) is 2. The van der Waals surface area contributed by atoms with Crippen LogP contribution in [0.15, 0.2) is 0 Å². The lowest BCUT2D eigenvalue weighted by molar-refractivity contribution is 0.310. The third kappa shape index (κ3) is 1.85. The quantitative estimate of drug-likeness (QED) is 0.570. The average molecular weight is 205 g/mol. The molecule has 0 spiro atoms. The van der Waals surface area contributed by atoms with E-state index in [-0.39, 0.29) is 6.04 Å². The third-order valence-electron chi connectivity index (χ3n) is 2.59. The lowest BCUT2D eigenvalue weighted by Crippen LogP contribution is -2.52. The van der Waals surface area contributed by atoms with Gasteiger partial charge in [0.05, 0.1) is 0 Å². The van der Waals surface area contributed by atoms with Crippen molar-refractivity contribution in [2.45, 2.75) is 18.9 Å². The minimum atomic E-state index is -3.16. The highest BCUT2D eigenvalue weighted by Gasteiger charge is 2.33. The Balaban J connectivity index is 2.11. The Morgan fingerprint density at radius 1 is 1.31 bits per heavy atom. The van der Waals surface area contributed by atoms with Gasteiger partial charge in [0.25, 0.3) is 10.2 Å². The third-order valence-corrected chi connectivity index (χ3v) is 4.26. The first-order valence-corrected chi connectivity index (χ1v) is 6.11. The van der Waals surface area contributed by atoms with Gasteiger partial charge < -0.3 is 5.32 Å². The molecule has 0 radical (unpaired) electrons. The SMILES string of the molecule is O=S1(=O)NCCCN1[C@@H]1CCNC1. The van der Waals surface area contributed by atoms with E-state index in [0.29, 0.717) is 13.1 Å². The minimum absolute atomic E-state index is 0.165. The maximum Gasteiger partial charge on any atom is 0.279 e. The Morgan fingerprint density at radius 2 is 2.15 bits per heavy atom. The van der Waals surface area contributed by atoms with E-state index >= 15 is 0 Å². The maximum atomic E-state index is 11.6. The zero-order valence-corrected chi connectivity index (χ0v) is 8.31. The Kier molecular flexibility index (Phi) is 2.55. The van der Waals surface area contributed by atoms with Gasteiger partial charge in [0.1, 0.15) is 0 Å². The lowest BCUT2D eigenvalue weighted by Gasteiger charge is -2.31. The summed E-state index contributed by atoms with van der Waals surface area (Å²) in [6.07, 6.45) is 1.84. The Labute approximate surface area is 78.7 Å². The summed E-state index contributed by atoms with van der Waals surface area (Å²) in [7, 11) is -3.16. The van der Waals surface area contributed by atoms with E-state index in [1.165, 1.54) is 0 Å². The minimum Gasteiger partial charge on any atom is -0.315 e. The standard InChI is InChI=1S/C7H15N3O2S/c11-13(12)9-3-1-5-10(13)7-2-4-8-6-7/h7-9H,1-6H2/t7-/m1/s1. The van der Waals surface area contributed by atoms with Crippen LogP contribution in [0.1, 0.15) is 12.8 Å². The van der Waals surface area contributed by atoms with Gasteiger partial charge in [-0.2, -0.15) is 12.7 Å².